The maximum absolute atomic E-state index is 12.7. The van der Waals surface area contributed by atoms with Crippen molar-refractivity contribution in [1.82, 2.24) is 10.2 Å². The lowest BCUT2D eigenvalue weighted by Crippen LogP contribution is -2.51. The number of likely N-dealkylation sites (N-methyl/N-ethyl adjacent to an activating group) is 1. The Bertz CT molecular complexity index is 1030. The highest BCUT2D eigenvalue weighted by Crippen LogP contribution is 2.28. The summed E-state index contributed by atoms with van der Waals surface area (Å²) >= 11 is 0. The van der Waals surface area contributed by atoms with Gasteiger partial charge in [-0.25, -0.2) is 0 Å². The van der Waals surface area contributed by atoms with Gasteiger partial charge in [-0.15, -0.1) is 0 Å². The van der Waals surface area contributed by atoms with Crippen LogP contribution in [0.2, 0.25) is 0 Å². The lowest BCUT2D eigenvalue weighted by molar-refractivity contribution is -0.133. The van der Waals surface area contributed by atoms with Gasteiger partial charge in [0, 0.05) is 37.4 Å². The van der Waals surface area contributed by atoms with Gasteiger partial charge < -0.3 is 26.0 Å². The monoisotopic (exact) mass is 436 g/mol. The molecule has 2 aromatic carbocycles. The maximum atomic E-state index is 12.7. The van der Waals surface area contributed by atoms with Gasteiger partial charge >= 0.3 is 0 Å². The van der Waals surface area contributed by atoms with Gasteiger partial charge in [0.1, 0.15) is 5.75 Å². The first kappa shape index (κ1) is 21.8. The van der Waals surface area contributed by atoms with Gasteiger partial charge in [-0.05, 0) is 60.7 Å². The number of phenols is 1. The SMILES string of the molecule is CN1C(=O)Cc2cc(C(=O)NC3CCN(C(=O)C(N)Cc4ccc(O)cc4)CC3)ccc21. The maximum Gasteiger partial charge on any atom is 0.251 e. The fourth-order valence-electron chi connectivity index (χ4n) is 4.33. The molecule has 2 aliphatic heterocycles. The van der Waals surface area contributed by atoms with Crippen molar-refractivity contribution in [3.05, 3.63) is 59.2 Å². The van der Waals surface area contributed by atoms with E-state index in [0.717, 1.165) is 16.8 Å². The molecule has 0 aliphatic carbocycles. The van der Waals surface area contributed by atoms with Crippen LogP contribution in [0.3, 0.4) is 0 Å². The lowest BCUT2D eigenvalue weighted by atomic mass is 10.0. The molecule has 1 atom stereocenters. The summed E-state index contributed by atoms with van der Waals surface area (Å²) in [5.41, 5.74) is 9.28. The van der Waals surface area contributed by atoms with Crippen molar-refractivity contribution in [2.45, 2.75) is 37.8 Å². The summed E-state index contributed by atoms with van der Waals surface area (Å²) in [7, 11) is 1.74. The quantitative estimate of drug-likeness (QED) is 0.651. The number of fused-ring (bicyclic) bond motifs is 1. The Morgan fingerprint density at radius 2 is 1.84 bits per heavy atom. The molecule has 1 fully saturated rings. The van der Waals surface area contributed by atoms with E-state index in [2.05, 4.69) is 5.32 Å². The van der Waals surface area contributed by atoms with Gasteiger partial charge in [0.25, 0.3) is 5.91 Å². The van der Waals surface area contributed by atoms with Crippen LogP contribution in [0.5, 0.6) is 5.75 Å². The molecule has 0 spiro atoms. The van der Waals surface area contributed by atoms with E-state index in [9.17, 15) is 19.5 Å². The van der Waals surface area contributed by atoms with E-state index in [4.69, 9.17) is 5.73 Å². The van der Waals surface area contributed by atoms with Gasteiger partial charge in [0.05, 0.1) is 12.5 Å². The highest BCUT2D eigenvalue weighted by molar-refractivity contribution is 6.03. The second-order valence-electron chi connectivity index (χ2n) is 8.52. The van der Waals surface area contributed by atoms with E-state index >= 15 is 0 Å². The molecule has 32 heavy (non-hydrogen) atoms. The minimum atomic E-state index is -0.641. The van der Waals surface area contributed by atoms with Crippen molar-refractivity contribution in [1.29, 1.82) is 0 Å². The minimum absolute atomic E-state index is 0.0163. The Kier molecular flexibility index (Phi) is 6.14. The van der Waals surface area contributed by atoms with Crippen molar-refractivity contribution >= 4 is 23.4 Å². The number of phenolic OH excluding ortho intramolecular Hbond substituents is 1. The number of piperidine rings is 1. The fourth-order valence-corrected chi connectivity index (χ4v) is 4.33. The summed E-state index contributed by atoms with van der Waals surface area (Å²) < 4.78 is 0. The number of nitrogens with one attached hydrogen (secondary N) is 1. The Morgan fingerprint density at radius 1 is 1.16 bits per heavy atom. The topological polar surface area (TPSA) is 116 Å². The number of rotatable bonds is 5. The molecule has 2 aliphatic rings. The number of aromatic hydroxyl groups is 1. The molecule has 2 heterocycles. The molecule has 168 valence electrons. The highest BCUT2D eigenvalue weighted by atomic mass is 16.3. The third-order valence-electron chi connectivity index (χ3n) is 6.27. The van der Waals surface area contributed by atoms with E-state index in [0.29, 0.717) is 44.3 Å². The van der Waals surface area contributed by atoms with Crippen molar-refractivity contribution in [3.63, 3.8) is 0 Å². The number of likely N-dealkylation sites (tertiary alicyclic amines) is 1. The Morgan fingerprint density at radius 3 is 2.53 bits per heavy atom. The number of anilines is 1. The number of carbonyl (C=O) groups excluding carboxylic acids is 3. The first-order valence-corrected chi connectivity index (χ1v) is 10.8. The minimum Gasteiger partial charge on any atom is -0.508 e. The molecule has 3 amide bonds. The van der Waals surface area contributed by atoms with E-state index in [-0.39, 0.29) is 29.5 Å². The van der Waals surface area contributed by atoms with Crippen LogP contribution < -0.4 is 16.0 Å². The van der Waals surface area contributed by atoms with Crippen LogP contribution in [0, 0.1) is 0 Å². The van der Waals surface area contributed by atoms with Gasteiger partial charge in [0.15, 0.2) is 0 Å². The zero-order valence-electron chi connectivity index (χ0n) is 18.1. The zero-order chi connectivity index (χ0) is 22.8. The Balaban J connectivity index is 1.28. The number of nitrogens with two attached hydrogens (primary N) is 1. The normalized spacial score (nSPS) is 17.2. The summed E-state index contributed by atoms with van der Waals surface area (Å²) in [6.07, 6.45) is 2.05. The summed E-state index contributed by atoms with van der Waals surface area (Å²) in [6.45, 7) is 1.08. The highest BCUT2D eigenvalue weighted by Gasteiger charge is 2.28. The van der Waals surface area contributed by atoms with E-state index in [1.807, 2.05) is 6.07 Å². The number of benzene rings is 2. The molecule has 4 rings (SSSR count). The second-order valence-corrected chi connectivity index (χ2v) is 8.52. The summed E-state index contributed by atoms with van der Waals surface area (Å²) in [5.74, 6) is -0.0597. The average Bonchev–Trinajstić information content (AvgIpc) is 3.08. The van der Waals surface area contributed by atoms with Crippen LogP contribution in [-0.2, 0) is 22.4 Å². The van der Waals surface area contributed by atoms with Crippen LogP contribution in [0.4, 0.5) is 5.69 Å². The van der Waals surface area contributed by atoms with Crippen molar-refractivity contribution in [3.8, 4) is 5.75 Å². The molecule has 4 N–H and O–H groups in total. The Hall–Kier alpha value is -3.39. The fraction of sp³-hybridized carbons (Fsp3) is 0.375. The van der Waals surface area contributed by atoms with Crippen molar-refractivity contribution < 1.29 is 19.5 Å². The molecular weight excluding hydrogens is 408 g/mol. The summed E-state index contributed by atoms with van der Waals surface area (Å²) in [5, 5.41) is 12.4. The third kappa shape index (κ3) is 4.60. The van der Waals surface area contributed by atoms with Crippen molar-refractivity contribution in [2.75, 3.05) is 25.0 Å². The van der Waals surface area contributed by atoms with Gasteiger partial charge in [-0.2, -0.15) is 0 Å². The molecule has 8 heteroatoms. The number of hydrogen-bond acceptors (Lipinski definition) is 5. The molecule has 8 nitrogen and oxygen atoms in total. The van der Waals surface area contributed by atoms with Gasteiger partial charge in [-0.3, -0.25) is 14.4 Å². The predicted molar refractivity (Wildman–Crippen MR) is 120 cm³/mol. The van der Waals surface area contributed by atoms with E-state index in [1.165, 1.54) is 0 Å². The van der Waals surface area contributed by atoms with Crippen molar-refractivity contribution in [2.24, 2.45) is 5.73 Å². The molecule has 2 aromatic rings. The number of hydrogen-bond donors (Lipinski definition) is 3. The summed E-state index contributed by atoms with van der Waals surface area (Å²) in [4.78, 5) is 40.6. The average molecular weight is 437 g/mol. The molecule has 0 radical (unpaired) electrons. The number of amides is 3. The number of nitrogens with zero attached hydrogens (tertiary/aromatic N) is 2. The lowest BCUT2D eigenvalue weighted by Gasteiger charge is -2.34. The van der Waals surface area contributed by atoms with Crippen LogP contribution in [0.25, 0.3) is 0 Å². The molecule has 0 aromatic heterocycles. The van der Waals surface area contributed by atoms with E-state index in [1.54, 1.807) is 53.2 Å². The molecule has 1 saturated heterocycles. The molecule has 1 unspecified atom stereocenters. The first-order chi connectivity index (χ1) is 15.3. The zero-order valence-corrected chi connectivity index (χ0v) is 18.1. The molecule has 0 saturated carbocycles. The first-order valence-electron chi connectivity index (χ1n) is 10.8. The van der Waals surface area contributed by atoms with E-state index < -0.39 is 6.04 Å². The largest absolute Gasteiger partial charge is 0.508 e. The van der Waals surface area contributed by atoms with Crippen LogP contribution >= 0.6 is 0 Å². The van der Waals surface area contributed by atoms with Gasteiger partial charge in [-0.1, -0.05) is 12.1 Å². The standard InChI is InChI=1S/C24H28N4O4/c1-27-21-7-4-16(13-17(21)14-22(27)30)23(31)26-18-8-10-28(11-9-18)24(32)20(25)12-15-2-5-19(29)6-3-15/h2-7,13,18,20,29H,8-12,14,25H2,1H3,(H,26,31). The third-order valence-corrected chi connectivity index (χ3v) is 6.27. The smallest absolute Gasteiger partial charge is 0.251 e. The van der Waals surface area contributed by atoms with Crippen LogP contribution in [-0.4, -0.2) is 59.9 Å². The summed E-state index contributed by atoms with van der Waals surface area (Å²) in [6, 6.07) is 11.4. The van der Waals surface area contributed by atoms with Crippen LogP contribution in [0.15, 0.2) is 42.5 Å². The second kappa shape index (κ2) is 9.00. The van der Waals surface area contributed by atoms with Crippen LogP contribution in [0.1, 0.15) is 34.3 Å². The Labute approximate surface area is 187 Å². The molecule has 0 bridgehead atoms. The van der Waals surface area contributed by atoms with Gasteiger partial charge in [0.2, 0.25) is 11.8 Å². The predicted octanol–water partition coefficient (Wildman–Crippen LogP) is 1.20. The number of carbonyl (C=O) groups is 3. The molecular formula is C24H28N4O4.